The van der Waals surface area contributed by atoms with E-state index < -0.39 is 40.5 Å². The molecule has 0 atom stereocenters. The van der Waals surface area contributed by atoms with E-state index in [1.165, 1.54) is 41.7 Å². The second-order valence-electron chi connectivity index (χ2n) is 7.69. The molecule has 2 aromatic rings. The number of benzene rings is 2. The SMILES string of the molecule is COc1ccc(S(=O)(=O)N2CCC(C(=O)Nc3ccccc3C(=O)NCC(F)(F)F)CC2)cc1. The molecular formula is C22H24F3N3O5S. The van der Waals surface area contributed by atoms with Gasteiger partial charge >= 0.3 is 6.18 Å². The maximum atomic E-state index is 12.9. The minimum atomic E-state index is -4.56. The summed E-state index contributed by atoms with van der Waals surface area (Å²) in [6.07, 6.45) is -4.05. The van der Waals surface area contributed by atoms with Gasteiger partial charge in [0.05, 0.1) is 23.3 Å². The summed E-state index contributed by atoms with van der Waals surface area (Å²) < 4.78 is 69.3. The quantitative estimate of drug-likeness (QED) is 0.610. The Morgan fingerprint density at radius 2 is 1.68 bits per heavy atom. The van der Waals surface area contributed by atoms with Crippen molar-refractivity contribution >= 4 is 27.5 Å². The number of nitrogens with one attached hydrogen (secondary N) is 2. The molecule has 0 aromatic heterocycles. The number of hydrogen-bond acceptors (Lipinski definition) is 5. The monoisotopic (exact) mass is 499 g/mol. The molecule has 12 heteroatoms. The van der Waals surface area contributed by atoms with Crippen LogP contribution in [0.1, 0.15) is 23.2 Å². The number of hydrogen-bond donors (Lipinski definition) is 2. The lowest BCUT2D eigenvalue weighted by Gasteiger charge is -2.30. The number of anilines is 1. The molecule has 1 saturated heterocycles. The zero-order valence-electron chi connectivity index (χ0n) is 18.3. The topological polar surface area (TPSA) is 105 Å². The molecule has 184 valence electrons. The maximum absolute atomic E-state index is 12.9. The second-order valence-corrected chi connectivity index (χ2v) is 9.62. The van der Waals surface area contributed by atoms with Crippen LogP contribution in [0.15, 0.2) is 53.4 Å². The molecule has 34 heavy (non-hydrogen) atoms. The van der Waals surface area contributed by atoms with Crippen LogP contribution in [0, 0.1) is 5.92 Å². The van der Waals surface area contributed by atoms with Crippen LogP contribution in [0.4, 0.5) is 18.9 Å². The van der Waals surface area contributed by atoms with Gasteiger partial charge < -0.3 is 15.4 Å². The molecule has 0 spiro atoms. The summed E-state index contributed by atoms with van der Waals surface area (Å²) in [7, 11) is -2.25. The summed E-state index contributed by atoms with van der Waals surface area (Å²) in [4.78, 5) is 25.0. The van der Waals surface area contributed by atoms with Crippen molar-refractivity contribution in [3.63, 3.8) is 0 Å². The molecule has 2 aromatic carbocycles. The standard InChI is InChI=1S/C22H24F3N3O5S/c1-33-16-6-8-17(9-7-16)34(31,32)28-12-10-15(11-13-28)20(29)27-19-5-3-2-4-18(19)21(30)26-14-22(23,24)25/h2-9,15H,10-14H2,1H3,(H,26,30)(H,27,29). The highest BCUT2D eigenvalue weighted by atomic mass is 32.2. The number of ether oxygens (including phenoxy) is 1. The first kappa shape index (κ1) is 25.5. The van der Waals surface area contributed by atoms with Crippen LogP contribution in [0.5, 0.6) is 5.75 Å². The minimum absolute atomic E-state index is 0.0838. The number of amides is 2. The van der Waals surface area contributed by atoms with Crippen LogP contribution >= 0.6 is 0 Å². The third-order valence-corrected chi connectivity index (χ3v) is 7.31. The molecule has 0 unspecified atom stereocenters. The Bertz CT molecular complexity index is 1130. The van der Waals surface area contributed by atoms with Crippen molar-refractivity contribution in [3.05, 3.63) is 54.1 Å². The second kappa shape index (κ2) is 10.4. The fraction of sp³-hybridized carbons (Fsp3) is 0.364. The van der Waals surface area contributed by atoms with Crippen LogP contribution in [0.25, 0.3) is 0 Å². The number of alkyl halides is 3. The molecule has 0 bridgehead atoms. The van der Waals surface area contributed by atoms with Crippen molar-refractivity contribution in [2.24, 2.45) is 5.92 Å². The average Bonchev–Trinajstić information content (AvgIpc) is 2.82. The summed E-state index contributed by atoms with van der Waals surface area (Å²) in [5.41, 5.74) is -0.0138. The Balaban J connectivity index is 1.61. The van der Waals surface area contributed by atoms with Gasteiger partial charge in [-0.2, -0.15) is 17.5 Å². The van der Waals surface area contributed by atoms with Crippen molar-refractivity contribution in [2.75, 3.05) is 32.1 Å². The highest BCUT2D eigenvalue weighted by Crippen LogP contribution is 2.26. The van der Waals surface area contributed by atoms with Gasteiger partial charge in [0.25, 0.3) is 5.91 Å². The predicted octanol–water partition coefficient (Wildman–Crippen LogP) is 3.03. The molecular weight excluding hydrogens is 475 g/mol. The fourth-order valence-electron chi connectivity index (χ4n) is 3.56. The summed E-state index contributed by atoms with van der Waals surface area (Å²) in [5, 5.41) is 4.37. The molecule has 1 fully saturated rings. The van der Waals surface area contributed by atoms with Gasteiger partial charge in [0.1, 0.15) is 12.3 Å². The van der Waals surface area contributed by atoms with Gasteiger partial charge in [-0.1, -0.05) is 12.1 Å². The average molecular weight is 500 g/mol. The van der Waals surface area contributed by atoms with Gasteiger partial charge in [-0.15, -0.1) is 0 Å². The zero-order chi connectivity index (χ0) is 24.9. The molecule has 1 aliphatic rings. The molecule has 2 N–H and O–H groups in total. The lowest BCUT2D eigenvalue weighted by atomic mass is 9.97. The lowest BCUT2D eigenvalue weighted by Crippen LogP contribution is -2.41. The molecule has 1 heterocycles. The van der Waals surface area contributed by atoms with Crippen LogP contribution < -0.4 is 15.4 Å². The van der Waals surface area contributed by atoms with E-state index in [0.29, 0.717) is 5.75 Å². The summed E-state index contributed by atoms with van der Waals surface area (Å²) >= 11 is 0. The predicted molar refractivity (Wildman–Crippen MR) is 118 cm³/mol. The highest BCUT2D eigenvalue weighted by Gasteiger charge is 2.33. The largest absolute Gasteiger partial charge is 0.497 e. The lowest BCUT2D eigenvalue weighted by molar-refractivity contribution is -0.123. The van der Waals surface area contributed by atoms with Crippen molar-refractivity contribution in [1.29, 1.82) is 0 Å². The van der Waals surface area contributed by atoms with Gasteiger partial charge in [-0.05, 0) is 49.2 Å². The highest BCUT2D eigenvalue weighted by molar-refractivity contribution is 7.89. The van der Waals surface area contributed by atoms with Crippen LogP contribution in [0.2, 0.25) is 0 Å². The van der Waals surface area contributed by atoms with Crippen LogP contribution in [-0.2, 0) is 14.8 Å². The van der Waals surface area contributed by atoms with E-state index in [1.807, 2.05) is 0 Å². The van der Waals surface area contributed by atoms with Gasteiger partial charge in [-0.3, -0.25) is 9.59 Å². The van der Waals surface area contributed by atoms with E-state index in [2.05, 4.69) is 5.32 Å². The smallest absolute Gasteiger partial charge is 0.405 e. The third-order valence-electron chi connectivity index (χ3n) is 5.40. The minimum Gasteiger partial charge on any atom is -0.497 e. The van der Waals surface area contributed by atoms with Crippen LogP contribution in [-0.4, -0.2) is 57.5 Å². The molecule has 1 aliphatic heterocycles. The van der Waals surface area contributed by atoms with Crippen molar-refractivity contribution in [2.45, 2.75) is 23.9 Å². The number of carbonyl (C=O) groups is 2. The normalized spacial score (nSPS) is 15.5. The molecule has 0 aliphatic carbocycles. The molecule has 3 rings (SSSR count). The Morgan fingerprint density at radius 1 is 1.06 bits per heavy atom. The zero-order valence-corrected chi connectivity index (χ0v) is 19.1. The summed E-state index contributed by atoms with van der Waals surface area (Å²) in [5.74, 6) is -1.39. The van der Waals surface area contributed by atoms with Gasteiger partial charge in [-0.25, -0.2) is 8.42 Å². The first-order valence-electron chi connectivity index (χ1n) is 10.4. The van der Waals surface area contributed by atoms with Gasteiger partial charge in [0.15, 0.2) is 0 Å². The number of piperidine rings is 1. The van der Waals surface area contributed by atoms with Gasteiger partial charge in [0.2, 0.25) is 15.9 Å². The number of rotatable bonds is 7. The first-order chi connectivity index (χ1) is 16.0. The van der Waals surface area contributed by atoms with E-state index >= 15 is 0 Å². The summed E-state index contributed by atoms with van der Waals surface area (Å²) in [6, 6.07) is 11.8. The van der Waals surface area contributed by atoms with Gasteiger partial charge in [0, 0.05) is 19.0 Å². The van der Waals surface area contributed by atoms with Crippen molar-refractivity contribution < 1.29 is 35.9 Å². The van der Waals surface area contributed by atoms with E-state index in [1.54, 1.807) is 23.5 Å². The van der Waals surface area contributed by atoms with Crippen molar-refractivity contribution in [1.82, 2.24) is 9.62 Å². The van der Waals surface area contributed by atoms with Crippen LogP contribution in [0.3, 0.4) is 0 Å². The van der Waals surface area contributed by atoms with E-state index in [4.69, 9.17) is 4.74 Å². The van der Waals surface area contributed by atoms with E-state index in [9.17, 15) is 31.2 Å². The first-order valence-corrected chi connectivity index (χ1v) is 11.8. The summed E-state index contributed by atoms with van der Waals surface area (Å²) in [6.45, 7) is -1.24. The Kier molecular flexibility index (Phi) is 7.82. The number of sulfonamides is 1. The maximum Gasteiger partial charge on any atom is 0.405 e. The van der Waals surface area contributed by atoms with Crippen molar-refractivity contribution in [3.8, 4) is 5.75 Å². The molecule has 2 amide bonds. The Morgan fingerprint density at radius 3 is 2.26 bits per heavy atom. The Hall–Kier alpha value is -3.12. The number of carbonyl (C=O) groups excluding carboxylic acids is 2. The van der Waals surface area contributed by atoms with E-state index in [0.717, 1.165) is 0 Å². The number of halogens is 3. The number of nitrogens with zero attached hydrogens (tertiary/aromatic N) is 1. The molecule has 0 radical (unpaired) electrons. The fourth-order valence-corrected chi connectivity index (χ4v) is 5.03. The molecule has 0 saturated carbocycles. The third kappa shape index (κ3) is 6.26. The van der Waals surface area contributed by atoms with E-state index in [-0.39, 0.29) is 42.1 Å². The Labute approximate surface area is 195 Å². The number of methoxy groups -OCH3 is 1. The number of para-hydroxylation sites is 1. The molecule has 8 nitrogen and oxygen atoms in total.